The van der Waals surface area contributed by atoms with E-state index in [0.29, 0.717) is 43.5 Å². The molecule has 3 rings (SSSR count). The van der Waals surface area contributed by atoms with E-state index in [0.717, 1.165) is 0 Å². The fourth-order valence-corrected chi connectivity index (χ4v) is 3.94. The van der Waals surface area contributed by atoms with Gasteiger partial charge in [-0.05, 0) is 43.3 Å². The Bertz CT molecular complexity index is 940. The van der Waals surface area contributed by atoms with Crippen LogP contribution in [0.5, 0.6) is 11.5 Å². The molecule has 1 atom stereocenters. The first-order chi connectivity index (χ1) is 13.9. The smallest absolute Gasteiger partial charge is 0.263 e. The zero-order valence-electron chi connectivity index (χ0n) is 16.3. The average Bonchev–Trinajstić information content (AvgIpc) is 2.74. The van der Waals surface area contributed by atoms with E-state index in [-0.39, 0.29) is 10.8 Å². The molecule has 0 unspecified atom stereocenters. The molecule has 156 valence electrons. The van der Waals surface area contributed by atoms with Crippen LogP contribution in [0.25, 0.3) is 0 Å². The van der Waals surface area contributed by atoms with E-state index in [2.05, 4.69) is 4.72 Å². The molecule has 1 saturated heterocycles. The Balaban J connectivity index is 1.64. The lowest BCUT2D eigenvalue weighted by Crippen LogP contribution is -2.46. The maximum atomic E-state index is 12.6. The molecule has 1 aliphatic heterocycles. The molecule has 0 spiro atoms. The summed E-state index contributed by atoms with van der Waals surface area (Å²) in [5.74, 6) is 0.844. The molecule has 0 radical (unpaired) electrons. The van der Waals surface area contributed by atoms with Crippen LogP contribution in [0.1, 0.15) is 6.92 Å². The van der Waals surface area contributed by atoms with Gasteiger partial charge in [-0.1, -0.05) is 6.07 Å². The van der Waals surface area contributed by atoms with Crippen LogP contribution in [-0.4, -0.2) is 58.7 Å². The number of hydrogen-bond acceptors (Lipinski definition) is 6. The number of nitrogens with zero attached hydrogens (tertiary/aromatic N) is 1. The van der Waals surface area contributed by atoms with Gasteiger partial charge in [0, 0.05) is 19.2 Å². The topological polar surface area (TPSA) is 94.2 Å². The monoisotopic (exact) mass is 420 g/mol. The lowest BCUT2D eigenvalue weighted by atomic mass is 10.3. The summed E-state index contributed by atoms with van der Waals surface area (Å²) in [7, 11) is -2.26. The maximum Gasteiger partial charge on any atom is 0.263 e. The van der Waals surface area contributed by atoms with E-state index in [9.17, 15) is 13.2 Å². The van der Waals surface area contributed by atoms with Gasteiger partial charge in [0.25, 0.3) is 15.9 Å². The molecule has 1 aliphatic rings. The number of anilines is 1. The van der Waals surface area contributed by atoms with Crippen LogP contribution in [0.3, 0.4) is 0 Å². The summed E-state index contributed by atoms with van der Waals surface area (Å²) in [5, 5.41) is 0. The van der Waals surface area contributed by atoms with Gasteiger partial charge in [0.1, 0.15) is 11.5 Å². The van der Waals surface area contributed by atoms with Gasteiger partial charge in [-0.15, -0.1) is 0 Å². The summed E-state index contributed by atoms with van der Waals surface area (Å²) in [6, 6.07) is 12.6. The van der Waals surface area contributed by atoms with Crippen molar-refractivity contribution in [2.24, 2.45) is 0 Å². The molecule has 8 nitrogen and oxygen atoms in total. The molecule has 1 N–H and O–H groups in total. The van der Waals surface area contributed by atoms with Crippen molar-refractivity contribution in [3.8, 4) is 11.5 Å². The summed E-state index contributed by atoms with van der Waals surface area (Å²) >= 11 is 0. The van der Waals surface area contributed by atoms with E-state index in [4.69, 9.17) is 14.2 Å². The average molecular weight is 420 g/mol. The van der Waals surface area contributed by atoms with Gasteiger partial charge in [-0.2, -0.15) is 0 Å². The third-order valence-corrected chi connectivity index (χ3v) is 5.84. The SMILES string of the molecule is COc1cccc(NS(=O)(=O)c2ccc(O[C@@H](C)C(=O)N3CCOCC3)cc2)c1. The first-order valence-corrected chi connectivity index (χ1v) is 10.7. The van der Waals surface area contributed by atoms with E-state index in [1.165, 1.54) is 31.4 Å². The number of amides is 1. The second-order valence-electron chi connectivity index (χ2n) is 6.51. The number of morpholine rings is 1. The number of rotatable bonds is 7. The van der Waals surface area contributed by atoms with Crippen molar-refractivity contribution in [2.45, 2.75) is 17.9 Å². The van der Waals surface area contributed by atoms with Crippen molar-refractivity contribution in [3.05, 3.63) is 48.5 Å². The molecule has 9 heteroatoms. The van der Waals surface area contributed by atoms with Crippen molar-refractivity contribution in [2.75, 3.05) is 38.1 Å². The summed E-state index contributed by atoms with van der Waals surface area (Å²) in [5.41, 5.74) is 0.398. The zero-order chi connectivity index (χ0) is 20.9. The molecule has 1 fully saturated rings. The van der Waals surface area contributed by atoms with Crippen LogP contribution in [-0.2, 0) is 19.6 Å². The lowest BCUT2D eigenvalue weighted by molar-refractivity contribution is -0.142. The van der Waals surface area contributed by atoms with Gasteiger partial charge in [0.15, 0.2) is 6.10 Å². The van der Waals surface area contributed by atoms with Crippen molar-refractivity contribution >= 4 is 21.6 Å². The largest absolute Gasteiger partial charge is 0.497 e. The zero-order valence-corrected chi connectivity index (χ0v) is 17.1. The molecule has 2 aromatic rings. The first kappa shape index (κ1) is 20.9. The van der Waals surface area contributed by atoms with E-state index in [1.807, 2.05) is 0 Å². The standard InChI is InChI=1S/C20H24N2O6S/c1-15(20(23)22-10-12-27-13-11-22)28-17-6-8-19(9-7-17)29(24,25)21-16-4-3-5-18(14-16)26-2/h3-9,14-15,21H,10-13H2,1-2H3/t15-/m0/s1. The van der Waals surface area contributed by atoms with Crippen LogP contribution in [0, 0.1) is 0 Å². The third-order valence-electron chi connectivity index (χ3n) is 4.44. The number of benzene rings is 2. The molecule has 0 aromatic heterocycles. The highest BCUT2D eigenvalue weighted by Crippen LogP contribution is 2.22. The Morgan fingerprint density at radius 2 is 1.79 bits per heavy atom. The Labute approximate surface area is 170 Å². The van der Waals surface area contributed by atoms with Gasteiger partial charge >= 0.3 is 0 Å². The maximum absolute atomic E-state index is 12.6. The second kappa shape index (κ2) is 9.15. The minimum Gasteiger partial charge on any atom is -0.497 e. The molecule has 0 aliphatic carbocycles. The Hall–Kier alpha value is -2.78. The van der Waals surface area contributed by atoms with Crippen LogP contribution in [0.15, 0.2) is 53.4 Å². The van der Waals surface area contributed by atoms with E-state index in [1.54, 1.807) is 36.1 Å². The third kappa shape index (κ3) is 5.39. The van der Waals surface area contributed by atoms with E-state index < -0.39 is 16.1 Å². The lowest BCUT2D eigenvalue weighted by Gasteiger charge is -2.29. The number of hydrogen-bond donors (Lipinski definition) is 1. The molecule has 0 bridgehead atoms. The molecular weight excluding hydrogens is 396 g/mol. The number of nitrogens with one attached hydrogen (secondary N) is 1. The number of sulfonamides is 1. The fraction of sp³-hybridized carbons (Fsp3) is 0.350. The van der Waals surface area contributed by atoms with Crippen molar-refractivity contribution in [1.29, 1.82) is 0 Å². The number of methoxy groups -OCH3 is 1. The molecular formula is C20H24N2O6S. The normalized spacial score (nSPS) is 15.4. The second-order valence-corrected chi connectivity index (χ2v) is 8.19. The predicted molar refractivity (Wildman–Crippen MR) is 108 cm³/mol. The number of carbonyl (C=O) groups is 1. The van der Waals surface area contributed by atoms with Crippen molar-refractivity contribution in [1.82, 2.24) is 4.90 Å². The minimum atomic E-state index is -3.77. The molecule has 1 heterocycles. The van der Waals surface area contributed by atoms with Crippen molar-refractivity contribution < 1.29 is 27.4 Å². The Morgan fingerprint density at radius 3 is 2.45 bits per heavy atom. The Kier molecular flexibility index (Phi) is 6.60. The quantitative estimate of drug-likeness (QED) is 0.737. The molecule has 29 heavy (non-hydrogen) atoms. The highest BCUT2D eigenvalue weighted by Gasteiger charge is 2.24. The first-order valence-electron chi connectivity index (χ1n) is 9.19. The van der Waals surface area contributed by atoms with Crippen LogP contribution >= 0.6 is 0 Å². The molecule has 0 saturated carbocycles. The summed E-state index contributed by atoms with van der Waals surface area (Å²) < 4.78 is 43.7. The highest BCUT2D eigenvalue weighted by atomic mass is 32.2. The van der Waals surface area contributed by atoms with Gasteiger partial charge in [-0.25, -0.2) is 8.42 Å². The van der Waals surface area contributed by atoms with Crippen LogP contribution < -0.4 is 14.2 Å². The van der Waals surface area contributed by atoms with Gasteiger partial charge in [0.2, 0.25) is 0 Å². The predicted octanol–water partition coefficient (Wildman–Crippen LogP) is 2.12. The summed E-state index contributed by atoms with van der Waals surface area (Å²) in [6.07, 6.45) is -0.675. The van der Waals surface area contributed by atoms with Gasteiger partial charge in [0.05, 0.1) is 30.9 Å². The van der Waals surface area contributed by atoms with E-state index >= 15 is 0 Å². The van der Waals surface area contributed by atoms with Gasteiger partial charge < -0.3 is 19.1 Å². The minimum absolute atomic E-state index is 0.0832. The van der Waals surface area contributed by atoms with Crippen LogP contribution in [0.2, 0.25) is 0 Å². The van der Waals surface area contributed by atoms with Crippen molar-refractivity contribution in [3.63, 3.8) is 0 Å². The molecule has 2 aromatic carbocycles. The van der Waals surface area contributed by atoms with Crippen LogP contribution in [0.4, 0.5) is 5.69 Å². The fourth-order valence-electron chi connectivity index (χ4n) is 2.89. The number of carbonyl (C=O) groups excluding carboxylic acids is 1. The van der Waals surface area contributed by atoms with Gasteiger partial charge in [-0.3, -0.25) is 9.52 Å². The summed E-state index contributed by atoms with van der Waals surface area (Å²) in [6.45, 7) is 3.79. The molecule has 1 amide bonds. The number of ether oxygens (including phenoxy) is 3. The Morgan fingerprint density at radius 1 is 1.10 bits per heavy atom. The summed E-state index contributed by atoms with van der Waals surface area (Å²) in [4.78, 5) is 14.2. The highest BCUT2D eigenvalue weighted by molar-refractivity contribution is 7.92.